The summed E-state index contributed by atoms with van der Waals surface area (Å²) >= 11 is 3.48. The molecular weight excluding hydrogens is 372 g/mol. The van der Waals surface area contributed by atoms with Crippen molar-refractivity contribution in [2.24, 2.45) is 0 Å². The molecule has 0 aromatic heterocycles. The minimum Gasteiger partial charge on any atom is -0.465 e. The number of hydrogen-bond donors (Lipinski definition) is 1. The molecule has 0 fully saturated rings. The van der Waals surface area contributed by atoms with E-state index in [2.05, 4.69) is 21.2 Å². The van der Waals surface area contributed by atoms with Crippen molar-refractivity contribution >= 4 is 33.6 Å². The van der Waals surface area contributed by atoms with Gasteiger partial charge in [-0.2, -0.15) is 0 Å². The molecule has 0 spiro atoms. The maximum Gasteiger partial charge on any atom is 0.326 e. The Hall–Kier alpha value is -2.34. The number of carbonyl (C=O) groups excluding carboxylic acids is 2. The van der Waals surface area contributed by atoms with E-state index in [0.29, 0.717) is 0 Å². The SMILES string of the molecule is CCOC(=O)CN1C(=O)N[C@@H]2C=CC(Br)=CC2=C1c1ccccc1. The lowest BCUT2D eigenvalue weighted by atomic mass is 9.93. The number of rotatable bonds is 4. The van der Waals surface area contributed by atoms with Crippen molar-refractivity contribution in [3.05, 3.63) is 64.2 Å². The van der Waals surface area contributed by atoms with E-state index >= 15 is 0 Å². The van der Waals surface area contributed by atoms with Gasteiger partial charge in [0.1, 0.15) is 6.54 Å². The summed E-state index contributed by atoms with van der Waals surface area (Å²) < 4.78 is 5.92. The molecule has 5 nitrogen and oxygen atoms in total. The van der Waals surface area contributed by atoms with Crippen LogP contribution >= 0.6 is 15.9 Å². The monoisotopic (exact) mass is 388 g/mol. The van der Waals surface area contributed by atoms with Gasteiger partial charge in [-0.3, -0.25) is 9.69 Å². The fourth-order valence-electron chi connectivity index (χ4n) is 2.79. The summed E-state index contributed by atoms with van der Waals surface area (Å²) in [5.41, 5.74) is 2.53. The number of urea groups is 1. The molecule has 0 unspecified atom stereocenters. The molecule has 0 saturated carbocycles. The third-order valence-electron chi connectivity index (χ3n) is 3.78. The minimum absolute atomic E-state index is 0.130. The molecule has 1 aliphatic carbocycles. The van der Waals surface area contributed by atoms with Crippen LogP contribution in [0.25, 0.3) is 5.70 Å². The van der Waals surface area contributed by atoms with Gasteiger partial charge in [0.2, 0.25) is 0 Å². The van der Waals surface area contributed by atoms with Crippen LogP contribution in [0.1, 0.15) is 12.5 Å². The molecule has 2 amide bonds. The van der Waals surface area contributed by atoms with Gasteiger partial charge < -0.3 is 10.1 Å². The molecule has 1 aromatic carbocycles. The summed E-state index contributed by atoms with van der Waals surface area (Å²) in [5.74, 6) is -0.436. The van der Waals surface area contributed by atoms with Crippen LogP contribution < -0.4 is 5.32 Å². The van der Waals surface area contributed by atoms with Crippen molar-refractivity contribution in [1.82, 2.24) is 10.2 Å². The number of allylic oxidation sites excluding steroid dienone is 2. The number of amides is 2. The zero-order valence-corrected chi connectivity index (χ0v) is 14.7. The third kappa shape index (κ3) is 3.28. The summed E-state index contributed by atoms with van der Waals surface area (Å²) in [6.07, 6.45) is 5.78. The van der Waals surface area contributed by atoms with E-state index in [4.69, 9.17) is 4.74 Å². The van der Waals surface area contributed by atoms with Crippen LogP contribution in [0, 0.1) is 0 Å². The van der Waals surface area contributed by atoms with Gasteiger partial charge in [-0.05, 0) is 24.6 Å². The fourth-order valence-corrected chi connectivity index (χ4v) is 3.19. The molecule has 24 heavy (non-hydrogen) atoms. The molecule has 2 aliphatic rings. The summed E-state index contributed by atoms with van der Waals surface area (Å²) in [7, 11) is 0. The highest BCUT2D eigenvalue weighted by Gasteiger charge is 2.34. The van der Waals surface area contributed by atoms with Crippen LogP contribution in [0.15, 0.2) is 58.6 Å². The molecule has 124 valence electrons. The second-order valence-electron chi connectivity index (χ2n) is 5.38. The molecule has 6 heteroatoms. The average Bonchev–Trinajstić information content (AvgIpc) is 2.57. The van der Waals surface area contributed by atoms with Gasteiger partial charge in [-0.15, -0.1) is 0 Å². The van der Waals surface area contributed by atoms with Gasteiger partial charge in [0.05, 0.1) is 18.3 Å². The Labute approximate surface area is 148 Å². The van der Waals surface area contributed by atoms with E-state index < -0.39 is 5.97 Å². The molecule has 1 heterocycles. The summed E-state index contributed by atoms with van der Waals surface area (Å²) in [6.45, 7) is 1.89. The molecule has 0 saturated heterocycles. The third-order valence-corrected chi connectivity index (χ3v) is 4.28. The second-order valence-corrected chi connectivity index (χ2v) is 6.29. The standard InChI is InChI=1S/C18H17BrN2O3/c1-2-24-16(22)11-21-17(12-6-4-3-5-7-12)14-10-13(19)8-9-15(14)20-18(21)23/h3-10,15H,2,11H2,1H3,(H,20,23)/t15-/m1/s1. The van der Waals surface area contributed by atoms with Crippen LogP contribution in [0.3, 0.4) is 0 Å². The van der Waals surface area contributed by atoms with Crippen LogP contribution in [0.2, 0.25) is 0 Å². The van der Waals surface area contributed by atoms with Gasteiger partial charge in [0, 0.05) is 10.1 Å². The number of benzene rings is 1. The van der Waals surface area contributed by atoms with E-state index in [1.165, 1.54) is 4.90 Å². The van der Waals surface area contributed by atoms with Crippen molar-refractivity contribution < 1.29 is 14.3 Å². The lowest BCUT2D eigenvalue weighted by Crippen LogP contribution is -2.51. The van der Waals surface area contributed by atoms with E-state index in [-0.39, 0.29) is 25.2 Å². The van der Waals surface area contributed by atoms with Gasteiger partial charge in [-0.1, -0.05) is 52.3 Å². The first-order valence-corrected chi connectivity index (χ1v) is 8.48. The minimum atomic E-state index is -0.436. The first-order valence-electron chi connectivity index (χ1n) is 7.68. The summed E-state index contributed by atoms with van der Waals surface area (Å²) in [5, 5.41) is 2.91. The zero-order valence-electron chi connectivity index (χ0n) is 13.2. The summed E-state index contributed by atoms with van der Waals surface area (Å²) in [6, 6.07) is 9.05. The second kappa shape index (κ2) is 7.05. The van der Waals surface area contributed by atoms with Crippen molar-refractivity contribution in [3.8, 4) is 0 Å². The number of nitrogens with zero attached hydrogens (tertiary/aromatic N) is 1. The molecular formula is C18H17BrN2O3. The van der Waals surface area contributed by atoms with Gasteiger partial charge in [0.25, 0.3) is 0 Å². The number of fused-ring (bicyclic) bond motifs is 1. The van der Waals surface area contributed by atoms with Gasteiger partial charge in [-0.25, -0.2) is 4.79 Å². The Morgan fingerprint density at radius 1 is 1.33 bits per heavy atom. The number of nitrogens with one attached hydrogen (secondary N) is 1. The highest BCUT2D eigenvalue weighted by molar-refractivity contribution is 9.11. The molecule has 0 bridgehead atoms. The number of esters is 1. The van der Waals surface area contributed by atoms with Gasteiger partial charge >= 0.3 is 12.0 Å². The van der Waals surface area contributed by atoms with E-state index in [9.17, 15) is 9.59 Å². The smallest absolute Gasteiger partial charge is 0.326 e. The first kappa shape index (κ1) is 16.5. The number of carbonyl (C=O) groups is 2. The van der Waals surface area contributed by atoms with Crippen molar-refractivity contribution in [2.45, 2.75) is 13.0 Å². The lowest BCUT2D eigenvalue weighted by molar-refractivity contribution is -0.143. The van der Waals surface area contributed by atoms with Crippen LogP contribution in [0.5, 0.6) is 0 Å². The van der Waals surface area contributed by atoms with Crippen molar-refractivity contribution in [1.29, 1.82) is 0 Å². The van der Waals surface area contributed by atoms with E-state index in [1.54, 1.807) is 6.92 Å². The maximum atomic E-state index is 12.6. The fraction of sp³-hybridized carbons (Fsp3) is 0.222. The normalized spacial score (nSPS) is 19.6. The Kier molecular flexibility index (Phi) is 4.85. The Morgan fingerprint density at radius 3 is 2.79 bits per heavy atom. The largest absolute Gasteiger partial charge is 0.465 e. The van der Waals surface area contributed by atoms with Crippen LogP contribution in [0.4, 0.5) is 4.79 Å². The average molecular weight is 389 g/mol. The quantitative estimate of drug-likeness (QED) is 0.805. The summed E-state index contributed by atoms with van der Waals surface area (Å²) in [4.78, 5) is 26.0. The Balaban J connectivity index is 2.09. The van der Waals surface area contributed by atoms with Crippen LogP contribution in [-0.2, 0) is 9.53 Å². The number of halogens is 1. The topological polar surface area (TPSA) is 58.6 Å². The zero-order chi connectivity index (χ0) is 17.1. The van der Waals surface area contributed by atoms with Crippen molar-refractivity contribution in [2.75, 3.05) is 13.2 Å². The molecule has 1 aromatic rings. The highest BCUT2D eigenvalue weighted by atomic mass is 79.9. The Morgan fingerprint density at radius 2 is 2.08 bits per heavy atom. The number of ether oxygens (including phenoxy) is 1. The maximum absolute atomic E-state index is 12.6. The van der Waals surface area contributed by atoms with Gasteiger partial charge in [0.15, 0.2) is 0 Å². The predicted molar refractivity (Wildman–Crippen MR) is 95.2 cm³/mol. The highest BCUT2D eigenvalue weighted by Crippen LogP contribution is 2.33. The molecule has 1 N–H and O–H groups in total. The molecule has 1 atom stereocenters. The molecule has 1 aliphatic heterocycles. The number of hydrogen-bond acceptors (Lipinski definition) is 3. The van der Waals surface area contributed by atoms with Crippen molar-refractivity contribution in [3.63, 3.8) is 0 Å². The molecule has 3 rings (SSSR count). The predicted octanol–water partition coefficient (Wildman–Crippen LogP) is 3.20. The lowest BCUT2D eigenvalue weighted by Gasteiger charge is -2.36. The molecule has 0 radical (unpaired) electrons. The van der Waals surface area contributed by atoms with Crippen LogP contribution in [-0.4, -0.2) is 36.1 Å². The van der Waals surface area contributed by atoms with E-state index in [1.807, 2.05) is 48.6 Å². The Bertz CT molecular complexity index is 753. The van der Waals surface area contributed by atoms with E-state index in [0.717, 1.165) is 21.3 Å². The first-order chi connectivity index (χ1) is 11.6.